The second-order valence-corrected chi connectivity index (χ2v) is 4.84. The van der Waals surface area contributed by atoms with Crippen LogP contribution >= 0.6 is 15.9 Å². The fourth-order valence-corrected chi connectivity index (χ4v) is 0.870. The van der Waals surface area contributed by atoms with Gasteiger partial charge in [0.25, 0.3) is 0 Å². The highest BCUT2D eigenvalue weighted by atomic mass is 79.9. The molecule has 0 radical (unpaired) electrons. The van der Waals surface area contributed by atoms with Crippen LogP contribution in [0.1, 0.15) is 20.8 Å². The fourth-order valence-electron chi connectivity index (χ4n) is 0.665. The topological polar surface area (TPSA) is 35.0 Å². The molecule has 0 fully saturated rings. The molecule has 0 amide bonds. The van der Waals surface area contributed by atoms with E-state index < -0.39 is 0 Å². The Morgan fingerprint density at radius 1 is 1.31 bits per heavy atom. The molecular weight excluding hydrogens is 232 g/mol. The van der Waals surface area contributed by atoms with Gasteiger partial charge in [0, 0.05) is 0 Å². The van der Waals surface area contributed by atoms with Crippen LogP contribution in [0, 0.1) is 5.41 Å². The van der Waals surface area contributed by atoms with Crippen molar-refractivity contribution in [2.75, 3.05) is 6.61 Å². The van der Waals surface area contributed by atoms with Gasteiger partial charge in [-0.25, -0.2) is 9.97 Å². The van der Waals surface area contributed by atoms with E-state index in [2.05, 4.69) is 46.7 Å². The number of aromatic nitrogens is 2. The Bertz CT molecular complexity index is 266. The minimum atomic E-state index is 0.148. The van der Waals surface area contributed by atoms with Crippen molar-refractivity contribution in [3.63, 3.8) is 0 Å². The minimum absolute atomic E-state index is 0.148. The van der Waals surface area contributed by atoms with Gasteiger partial charge in [-0.05, 0) is 21.3 Å². The van der Waals surface area contributed by atoms with Gasteiger partial charge in [-0.15, -0.1) is 0 Å². The minimum Gasteiger partial charge on any atom is -0.476 e. The Balaban J connectivity index is 2.51. The van der Waals surface area contributed by atoms with Crippen molar-refractivity contribution in [1.82, 2.24) is 9.97 Å². The number of ether oxygens (including phenoxy) is 1. The zero-order valence-corrected chi connectivity index (χ0v) is 9.63. The summed E-state index contributed by atoms with van der Waals surface area (Å²) < 4.78 is 6.15. The molecule has 13 heavy (non-hydrogen) atoms. The standard InChI is InChI=1S/C9H13BrN2O/c1-9(2,3)6-13-8-5-11-7(10)4-12-8/h4-5H,6H2,1-3H3. The zero-order chi connectivity index (χ0) is 9.90. The van der Waals surface area contributed by atoms with Gasteiger partial charge in [-0.3, -0.25) is 0 Å². The third-order valence-electron chi connectivity index (χ3n) is 1.25. The van der Waals surface area contributed by atoms with Crippen molar-refractivity contribution in [2.24, 2.45) is 5.41 Å². The van der Waals surface area contributed by atoms with E-state index >= 15 is 0 Å². The molecule has 0 aliphatic rings. The average Bonchev–Trinajstić information content (AvgIpc) is 2.02. The third kappa shape index (κ3) is 4.22. The molecule has 0 saturated heterocycles. The Morgan fingerprint density at radius 2 is 2.00 bits per heavy atom. The van der Waals surface area contributed by atoms with Crippen LogP contribution in [-0.4, -0.2) is 16.6 Å². The van der Waals surface area contributed by atoms with E-state index in [4.69, 9.17) is 4.74 Å². The van der Waals surface area contributed by atoms with Gasteiger partial charge in [0.2, 0.25) is 5.88 Å². The molecule has 72 valence electrons. The smallest absolute Gasteiger partial charge is 0.232 e. The van der Waals surface area contributed by atoms with Crippen LogP contribution in [0.2, 0.25) is 0 Å². The van der Waals surface area contributed by atoms with Crippen molar-refractivity contribution in [3.05, 3.63) is 17.0 Å². The van der Waals surface area contributed by atoms with Crippen molar-refractivity contribution in [2.45, 2.75) is 20.8 Å². The first-order chi connectivity index (χ1) is 5.97. The first-order valence-electron chi connectivity index (χ1n) is 4.08. The first kappa shape index (κ1) is 10.4. The van der Waals surface area contributed by atoms with Gasteiger partial charge in [0.1, 0.15) is 4.60 Å². The molecule has 0 atom stereocenters. The van der Waals surface area contributed by atoms with Gasteiger partial charge in [0.05, 0.1) is 19.0 Å². The fraction of sp³-hybridized carbons (Fsp3) is 0.556. The summed E-state index contributed by atoms with van der Waals surface area (Å²) in [4.78, 5) is 8.06. The van der Waals surface area contributed by atoms with Crippen LogP contribution in [0.4, 0.5) is 0 Å². The van der Waals surface area contributed by atoms with Crippen molar-refractivity contribution in [3.8, 4) is 5.88 Å². The molecule has 0 saturated carbocycles. The number of nitrogens with zero attached hydrogens (tertiary/aromatic N) is 2. The van der Waals surface area contributed by atoms with Crippen LogP contribution in [0.25, 0.3) is 0 Å². The molecule has 3 nitrogen and oxygen atoms in total. The quantitative estimate of drug-likeness (QED) is 0.803. The van der Waals surface area contributed by atoms with Crippen LogP contribution in [0.5, 0.6) is 5.88 Å². The Labute approximate surface area is 86.7 Å². The van der Waals surface area contributed by atoms with Crippen LogP contribution in [-0.2, 0) is 0 Å². The maximum Gasteiger partial charge on any atom is 0.232 e. The summed E-state index contributed by atoms with van der Waals surface area (Å²) in [6, 6.07) is 0. The van der Waals surface area contributed by atoms with Crippen LogP contribution < -0.4 is 4.74 Å². The van der Waals surface area contributed by atoms with Crippen molar-refractivity contribution >= 4 is 15.9 Å². The van der Waals surface area contributed by atoms with Gasteiger partial charge in [-0.1, -0.05) is 20.8 Å². The number of halogens is 1. The average molecular weight is 245 g/mol. The summed E-state index contributed by atoms with van der Waals surface area (Å²) in [6.07, 6.45) is 3.23. The molecule has 1 rings (SSSR count). The SMILES string of the molecule is CC(C)(C)COc1cnc(Br)cn1. The van der Waals surface area contributed by atoms with E-state index in [1.165, 1.54) is 0 Å². The molecule has 0 N–H and O–H groups in total. The molecule has 1 aromatic heterocycles. The van der Waals surface area contributed by atoms with Gasteiger partial charge >= 0.3 is 0 Å². The zero-order valence-electron chi connectivity index (χ0n) is 8.04. The number of rotatable bonds is 2. The molecule has 0 aliphatic heterocycles. The van der Waals surface area contributed by atoms with Crippen molar-refractivity contribution < 1.29 is 4.74 Å². The van der Waals surface area contributed by atoms with Crippen LogP contribution in [0.3, 0.4) is 0 Å². The molecule has 0 unspecified atom stereocenters. The highest BCUT2D eigenvalue weighted by molar-refractivity contribution is 9.10. The third-order valence-corrected chi connectivity index (χ3v) is 1.66. The maximum atomic E-state index is 5.43. The van der Waals surface area contributed by atoms with E-state index in [-0.39, 0.29) is 5.41 Å². The van der Waals surface area contributed by atoms with E-state index in [0.29, 0.717) is 12.5 Å². The summed E-state index contributed by atoms with van der Waals surface area (Å²) in [5.41, 5.74) is 0.148. The predicted molar refractivity (Wildman–Crippen MR) is 54.7 cm³/mol. The van der Waals surface area contributed by atoms with Gasteiger partial charge in [0.15, 0.2) is 0 Å². The Kier molecular flexibility index (Phi) is 3.25. The molecule has 0 aliphatic carbocycles. The maximum absolute atomic E-state index is 5.43. The number of hydrogen-bond acceptors (Lipinski definition) is 3. The molecule has 4 heteroatoms. The summed E-state index contributed by atoms with van der Waals surface area (Å²) in [7, 11) is 0. The Morgan fingerprint density at radius 3 is 2.46 bits per heavy atom. The molecule has 0 spiro atoms. The summed E-state index contributed by atoms with van der Waals surface area (Å²) >= 11 is 3.21. The molecule has 1 heterocycles. The molecule has 1 aromatic rings. The highest BCUT2D eigenvalue weighted by Gasteiger charge is 2.11. The lowest BCUT2D eigenvalue weighted by Gasteiger charge is -2.17. The Hall–Kier alpha value is -0.640. The van der Waals surface area contributed by atoms with E-state index in [9.17, 15) is 0 Å². The lowest BCUT2D eigenvalue weighted by atomic mass is 9.99. The molecule has 0 aromatic carbocycles. The molecular formula is C9H13BrN2O. The first-order valence-corrected chi connectivity index (χ1v) is 4.87. The van der Waals surface area contributed by atoms with Gasteiger partial charge in [-0.2, -0.15) is 0 Å². The van der Waals surface area contributed by atoms with Crippen LogP contribution in [0.15, 0.2) is 17.0 Å². The lowest BCUT2D eigenvalue weighted by molar-refractivity contribution is 0.190. The second kappa shape index (κ2) is 4.05. The summed E-state index contributed by atoms with van der Waals surface area (Å²) in [6.45, 7) is 6.97. The second-order valence-electron chi connectivity index (χ2n) is 4.03. The highest BCUT2D eigenvalue weighted by Crippen LogP contribution is 2.15. The normalized spacial score (nSPS) is 11.4. The lowest BCUT2D eigenvalue weighted by Crippen LogP contribution is -2.17. The van der Waals surface area contributed by atoms with E-state index in [1.807, 2.05) is 0 Å². The van der Waals surface area contributed by atoms with E-state index in [0.717, 1.165) is 4.60 Å². The van der Waals surface area contributed by atoms with Crippen molar-refractivity contribution in [1.29, 1.82) is 0 Å². The summed E-state index contributed by atoms with van der Waals surface area (Å²) in [5.74, 6) is 0.568. The largest absolute Gasteiger partial charge is 0.476 e. The number of hydrogen-bond donors (Lipinski definition) is 0. The van der Waals surface area contributed by atoms with Gasteiger partial charge < -0.3 is 4.74 Å². The summed E-state index contributed by atoms with van der Waals surface area (Å²) in [5, 5.41) is 0. The monoisotopic (exact) mass is 244 g/mol. The predicted octanol–water partition coefficient (Wildman–Crippen LogP) is 2.66. The van der Waals surface area contributed by atoms with E-state index in [1.54, 1.807) is 12.4 Å². The molecule has 0 bridgehead atoms.